The number of hydrogen-bond donors (Lipinski definition) is 2. The minimum Gasteiger partial charge on any atom is -0.385 e. The number of amides is 1. The maximum absolute atomic E-state index is 11.9. The summed E-state index contributed by atoms with van der Waals surface area (Å²) in [6.45, 7) is 4.40. The number of sulfone groups is 1. The molecule has 0 spiro atoms. The van der Waals surface area contributed by atoms with Gasteiger partial charge in [-0.1, -0.05) is 6.92 Å². The van der Waals surface area contributed by atoms with Crippen molar-refractivity contribution in [1.29, 1.82) is 0 Å². The smallest absolute Gasteiger partial charge is 0.238 e. The Morgan fingerprint density at radius 1 is 1.39 bits per heavy atom. The molecule has 2 unspecified atom stereocenters. The lowest BCUT2D eigenvalue weighted by atomic mass is 10.2. The van der Waals surface area contributed by atoms with E-state index in [1.165, 1.54) is 6.92 Å². The van der Waals surface area contributed by atoms with Crippen LogP contribution in [0.2, 0.25) is 0 Å². The normalized spacial score (nSPS) is 15.1. The fraction of sp³-hybridized carbons (Fsp3) is 0.909. The molecule has 108 valence electrons. The number of rotatable bonds is 9. The molecule has 0 aromatic carbocycles. The molecule has 0 fully saturated rings. The number of nitrogens with two attached hydrogens (primary N) is 1. The molecule has 0 rings (SSSR count). The fourth-order valence-corrected chi connectivity index (χ4v) is 2.97. The molecule has 3 N–H and O–H groups in total. The Morgan fingerprint density at radius 2 is 2.00 bits per heavy atom. The average molecular weight is 280 g/mol. The van der Waals surface area contributed by atoms with Crippen LogP contribution in [-0.2, 0) is 19.4 Å². The van der Waals surface area contributed by atoms with Crippen molar-refractivity contribution in [2.75, 3.05) is 32.6 Å². The van der Waals surface area contributed by atoms with Gasteiger partial charge in [-0.15, -0.1) is 0 Å². The predicted octanol–water partition coefficient (Wildman–Crippen LogP) is -0.463. The monoisotopic (exact) mass is 280 g/mol. The number of nitrogens with one attached hydrogen (secondary N) is 1. The second-order valence-corrected chi connectivity index (χ2v) is 6.82. The van der Waals surface area contributed by atoms with Crippen molar-refractivity contribution in [1.82, 2.24) is 5.32 Å². The molecule has 7 heteroatoms. The van der Waals surface area contributed by atoms with Crippen LogP contribution in [0.1, 0.15) is 20.3 Å². The summed E-state index contributed by atoms with van der Waals surface area (Å²) < 4.78 is 28.6. The van der Waals surface area contributed by atoms with Crippen molar-refractivity contribution >= 4 is 15.7 Å². The first kappa shape index (κ1) is 17.3. The highest BCUT2D eigenvalue weighted by molar-refractivity contribution is 7.92. The van der Waals surface area contributed by atoms with E-state index < -0.39 is 21.0 Å². The molecule has 0 heterocycles. The van der Waals surface area contributed by atoms with E-state index in [-0.39, 0.29) is 11.7 Å². The summed E-state index contributed by atoms with van der Waals surface area (Å²) in [4.78, 5) is 11.7. The summed E-state index contributed by atoms with van der Waals surface area (Å²) in [6, 6.07) is 0. The Balaban J connectivity index is 4.26. The first-order valence-corrected chi connectivity index (χ1v) is 7.75. The molecule has 6 nitrogen and oxygen atoms in total. The van der Waals surface area contributed by atoms with Crippen molar-refractivity contribution < 1.29 is 17.9 Å². The van der Waals surface area contributed by atoms with Crippen LogP contribution in [0, 0.1) is 5.92 Å². The summed E-state index contributed by atoms with van der Waals surface area (Å²) in [6.07, 6.45) is 0.661. The third-order valence-corrected chi connectivity index (χ3v) is 4.98. The summed E-state index contributed by atoms with van der Waals surface area (Å²) >= 11 is 0. The van der Waals surface area contributed by atoms with Gasteiger partial charge in [0.05, 0.1) is 5.75 Å². The van der Waals surface area contributed by atoms with Crippen LogP contribution in [0.4, 0.5) is 0 Å². The van der Waals surface area contributed by atoms with E-state index in [0.717, 1.165) is 0 Å². The van der Waals surface area contributed by atoms with Crippen molar-refractivity contribution in [2.24, 2.45) is 11.7 Å². The topological polar surface area (TPSA) is 98.5 Å². The van der Waals surface area contributed by atoms with Gasteiger partial charge in [0, 0.05) is 20.3 Å². The molecule has 0 aromatic rings. The largest absolute Gasteiger partial charge is 0.385 e. The quantitative estimate of drug-likeness (QED) is 0.557. The predicted molar refractivity (Wildman–Crippen MR) is 71.0 cm³/mol. The molecular weight excluding hydrogens is 256 g/mol. The highest BCUT2D eigenvalue weighted by atomic mass is 32.2. The Hall–Kier alpha value is -0.660. The number of hydrogen-bond acceptors (Lipinski definition) is 5. The van der Waals surface area contributed by atoms with Crippen LogP contribution < -0.4 is 11.1 Å². The van der Waals surface area contributed by atoms with Crippen LogP contribution >= 0.6 is 0 Å². The second kappa shape index (κ2) is 8.44. The third-order valence-electron chi connectivity index (χ3n) is 2.65. The molecule has 0 aliphatic heterocycles. The summed E-state index contributed by atoms with van der Waals surface area (Å²) in [7, 11) is -1.86. The van der Waals surface area contributed by atoms with E-state index in [4.69, 9.17) is 10.5 Å². The Kier molecular flexibility index (Phi) is 8.13. The Morgan fingerprint density at radius 3 is 2.50 bits per heavy atom. The highest BCUT2D eigenvalue weighted by Crippen LogP contribution is 2.07. The standard InChI is InChI=1S/C11H24N2O4S/c1-9(7-12)8-18(15,16)10(2)11(14)13-5-4-6-17-3/h9-10H,4-8,12H2,1-3H3,(H,13,14). The van der Waals surface area contributed by atoms with Gasteiger partial charge < -0.3 is 15.8 Å². The molecule has 0 radical (unpaired) electrons. The van der Waals surface area contributed by atoms with Gasteiger partial charge in [0.25, 0.3) is 0 Å². The molecule has 2 atom stereocenters. The van der Waals surface area contributed by atoms with E-state index in [9.17, 15) is 13.2 Å². The van der Waals surface area contributed by atoms with Gasteiger partial charge in [-0.05, 0) is 25.8 Å². The minimum absolute atomic E-state index is 0.0594. The molecule has 0 aliphatic carbocycles. The zero-order valence-corrected chi connectivity index (χ0v) is 12.1. The van der Waals surface area contributed by atoms with E-state index in [0.29, 0.717) is 26.1 Å². The van der Waals surface area contributed by atoms with Gasteiger partial charge in [-0.3, -0.25) is 4.79 Å². The summed E-state index contributed by atoms with van der Waals surface area (Å²) in [5.74, 6) is -0.662. The first-order chi connectivity index (χ1) is 8.35. The molecule has 0 aliphatic rings. The van der Waals surface area contributed by atoms with Crippen LogP contribution in [0.5, 0.6) is 0 Å². The number of methoxy groups -OCH3 is 1. The second-order valence-electron chi connectivity index (χ2n) is 4.45. The minimum atomic E-state index is -3.44. The van der Waals surface area contributed by atoms with Crippen molar-refractivity contribution in [3.8, 4) is 0 Å². The first-order valence-electron chi connectivity index (χ1n) is 6.03. The molecule has 0 bridgehead atoms. The number of carbonyl (C=O) groups is 1. The fourth-order valence-electron chi connectivity index (χ4n) is 1.34. The van der Waals surface area contributed by atoms with E-state index >= 15 is 0 Å². The van der Waals surface area contributed by atoms with Gasteiger partial charge >= 0.3 is 0 Å². The van der Waals surface area contributed by atoms with E-state index in [1.807, 2.05) is 0 Å². The lowest BCUT2D eigenvalue weighted by molar-refractivity contribution is -0.120. The third kappa shape index (κ3) is 6.32. The van der Waals surface area contributed by atoms with Gasteiger partial charge in [-0.25, -0.2) is 8.42 Å². The number of carbonyl (C=O) groups excluding carboxylic acids is 1. The molecule has 0 saturated heterocycles. The molecule has 18 heavy (non-hydrogen) atoms. The molecule has 0 aromatic heterocycles. The average Bonchev–Trinajstić information content (AvgIpc) is 2.32. The van der Waals surface area contributed by atoms with Crippen LogP contribution in [0.3, 0.4) is 0 Å². The summed E-state index contributed by atoms with van der Waals surface area (Å²) in [5.41, 5.74) is 5.39. The maximum atomic E-state index is 11.9. The van der Waals surface area contributed by atoms with Crippen LogP contribution in [-0.4, -0.2) is 52.1 Å². The van der Waals surface area contributed by atoms with E-state index in [2.05, 4.69) is 5.32 Å². The molecule has 1 amide bonds. The van der Waals surface area contributed by atoms with Crippen molar-refractivity contribution in [2.45, 2.75) is 25.5 Å². The Bertz CT molecular complexity index is 343. The SMILES string of the molecule is COCCCNC(=O)C(C)S(=O)(=O)CC(C)CN. The zero-order chi connectivity index (χ0) is 14.2. The highest BCUT2D eigenvalue weighted by Gasteiger charge is 2.28. The van der Waals surface area contributed by atoms with Crippen molar-refractivity contribution in [3.63, 3.8) is 0 Å². The Labute approximate surface area is 109 Å². The van der Waals surface area contributed by atoms with Gasteiger partial charge in [-0.2, -0.15) is 0 Å². The van der Waals surface area contributed by atoms with Gasteiger partial charge in [0.15, 0.2) is 9.84 Å². The van der Waals surface area contributed by atoms with Gasteiger partial charge in [0.2, 0.25) is 5.91 Å². The van der Waals surface area contributed by atoms with Gasteiger partial charge in [0.1, 0.15) is 5.25 Å². The summed E-state index contributed by atoms with van der Waals surface area (Å²) in [5, 5.41) is 1.55. The lowest BCUT2D eigenvalue weighted by Gasteiger charge is -2.15. The molecular formula is C11H24N2O4S. The maximum Gasteiger partial charge on any atom is 0.238 e. The van der Waals surface area contributed by atoms with Crippen LogP contribution in [0.25, 0.3) is 0 Å². The van der Waals surface area contributed by atoms with Crippen molar-refractivity contribution in [3.05, 3.63) is 0 Å². The van der Waals surface area contributed by atoms with Crippen LogP contribution in [0.15, 0.2) is 0 Å². The number of ether oxygens (including phenoxy) is 1. The molecule has 0 saturated carbocycles. The lowest BCUT2D eigenvalue weighted by Crippen LogP contribution is -2.40. The van der Waals surface area contributed by atoms with E-state index in [1.54, 1.807) is 14.0 Å². The zero-order valence-electron chi connectivity index (χ0n) is 11.3.